The maximum Gasteiger partial charge on any atom is -0.0157 e. The molecule has 0 aliphatic rings. The van der Waals surface area contributed by atoms with Crippen molar-refractivity contribution in [1.29, 1.82) is 0 Å². The molecule has 0 saturated carbocycles. The Labute approximate surface area is 89.9 Å². The lowest BCUT2D eigenvalue weighted by molar-refractivity contribution is 1.33. The molecule has 0 aliphatic carbocycles. The molecule has 0 unspecified atom stereocenters. The van der Waals surface area contributed by atoms with E-state index in [0.717, 1.165) is 5.57 Å². The summed E-state index contributed by atoms with van der Waals surface area (Å²) in [5.41, 5.74) is 4.84. The van der Waals surface area contributed by atoms with Gasteiger partial charge in [0, 0.05) is 0 Å². The average molecular weight is 241 g/mol. The fourth-order valence-electron chi connectivity index (χ4n) is 0.610. The summed E-state index contributed by atoms with van der Waals surface area (Å²) < 4.78 is 0. The molecule has 1 heteroatoms. The summed E-state index contributed by atoms with van der Waals surface area (Å²) in [5.74, 6) is 0. The molecule has 0 aromatic heterocycles. The highest BCUT2D eigenvalue weighted by Gasteiger charge is 1.90. The van der Waals surface area contributed by atoms with Gasteiger partial charge in [-0.3, -0.25) is 0 Å². The van der Waals surface area contributed by atoms with Crippen LogP contribution in [0.3, 0.4) is 0 Å². The third kappa shape index (κ3) is 4.89. The third-order valence-corrected chi connectivity index (χ3v) is 2.73. The van der Waals surface area contributed by atoms with Crippen molar-refractivity contribution in [2.45, 2.75) is 27.7 Å². The molecule has 0 radical (unpaired) electrons. The molecule has 72 valence electrons. The molecule has 0 bridgehead atoms. The van der Waals surface area contributed by atoms with Crippen molar-refractivity contribution in [3.8, 4) is 0 Å². The maximum atomic E-state index is 3.88. The fraction of sp³-hybridized carbons (Fsp3) is 0.333. The summed E-state index contributed by atoms with van der Waals surface area (Å²) in [5, 5.41) is 0. The SMILES string of the molecule is C=C(C)/C(C)=C/C=C(C)/C(C)=C/Br. The van der Waals surface area contributed by atoms with Crippen LogP contribution >= 0.6 is 15.9 Å². The summed E-state index contributed by atoms with van der Waals surface area (Å²) in [6, 6.07) is 0. The van der Waals surface area contributed by atoms with E-state index in [-0.39, 0.29) is 0 Å². The first-order valence-corrected chi connectivity index (χ1v) is 5.19. The van der Waals surface area contributed by atoms with Crippen molar-refractivity contribution < 1.29 is 0 Å². The highest BCUT2D eigenvalue weighted by Crippen LogP contribution is 2.12. The van der Waals surface area contributed by atoms with Gasteiger partial charge >= 0.3 is 0 Å². The summed E-state index contributed by atoms with van der Waals surface area (Å²) in [7, 11) is 0. The lowest BCUT2D eigenvalue weighted by Gasteiger charge is -1.99. The zero-order valence-corrected chi connectivity index (χ0v) is 10.4. The van der Waals surface area contributed by atoms with E-state index in [2.05, 4.69) is 55.4 Å². The summed E-state index contributed by atoms with van der Waals surface area (Å²) >= 11 is 3.31. The van der Waals surface area contributed by atoms with E-state index in [1.807, 2.05) is 11.9 Å². The van der Waals surface area contributed by atoms with Gasteiger partial charge in [0.25, 0.3) is 0 Å². The van der Waals surface area contributed by atoms with Crippen molar-refractivity contribution in [3.63, 3.8) is 0 Å². The lowest BCUT2D eigenvalue weighted by Crippen LogP contribution is -1.78. The first kappa shape index (κ1) is 12.4. The van der Waals surface area contributed by atoms with Crippen LogP contribution in [0.1, 0.15) is 27.7 Å². The topological polar surface area (TPSA) is 0 Å². The van der Waals surface area contributed by atoms with Crippen LogP contribution in [0, 0.1) is 0 Å². The quantitative estimate of drug-likeness (QED) is 0.625. The van der Waals surface area contributed by atoms with E-state index >= 15 is 0 Å². The second-order valence-electron chi connectivity index (χ2n) is 3.27. The number of rotatable bonds is 3. The van der Waals surface area contributed by atoms with Crippen LogP contribution < -0.4 is 0 Å². The normalized spacial score (nSPS) is 14.7. The average Bonchev–Trinajstić information content (AvgIpc) is 2.11. The van der Waals surface area contributed by atoms with Gasteiger partial charge in [0.05, 0.1) is 0 Å². The van der Waals surface area contributed by atoms with Gasteiger partial charge in [0.2, 0.25) is 0 Å². The van der Waals surface area contributed by atoms with Crippen molar-refractivity contribution in [3.05, 3.63) is 46.0 Å². The Morgan fingerprint density at radius 1 is 0.923 bits per heavy atom. The molecule has 0 aliphatic heterocycles. The van der Waals surface area contributed by atoms with Gasteiger partial charge < -0.3 is 0 Å². The Hall–Kier alpha value is -0.560. The zero-order valence-electron chi connectivity index (χ0n) is 8.82. The highest BCUT2D eigenvalue weighted by molar-refractivity contribution is 9.11. The highest BCUT2D eigenvalue weighted by atomic mass is 79.9. The predicted octanol–water partition coefficient (Wildman–Crippen LogP) is 4.75. The lowest BCUT2D eigenvalue weighted by atomic mass is 10.1. The fourth-order valence-corrected chi connectivity index (χ4v) is 0.971. The molecule has 0 aromatic rings. The van der Waals surface area contributed by atoms with Crippen molar-refractivity contribution in [2.75, 3.05) is 0 Å². The smallest absolute Gasteiger partial charge is 0.0157 e. The third-order valence-electron chi connectivity index (χ3n) is 2.04. The second kappa shape index (κ2) is 5.98. The Morgan fingerprint density at radius 2 is 1.38 bits per heavy atom. The minimum atomic E-state index is 1.12. The van der Waals surface area contributed by atoms with Crippen LogP contribution in [0.5, 0.6) is 0 Å². The van der Waals surface area contributed by atoms with Crippen LogP contribution in [0.2, 0.25) is 0 Å². The number of halogens is 1. The predicted molar refractivity (Wildman–Crippen MR) is 65.0 cm³/mol. The largest absolute Gasteiger partial charge is 0.0958 e. The van der Waals surface area contributed by atoms with E-state index in [1.54, 1.807) is 0 Å². The van der Waals surface area contributed by atoms with Gasteiger partial charge in [-0.1, -0.05) is 40.2 Å². The zero-order chi connectivity index (χ0) is 10.4. The van der Waals surface area contributed by atoms with Gasteiger partial charge in [-0.15, -0.1) is 0 Å². The molecule has 0 spiro atoms. The summed E-state index contributed by atoms with van der Waals surface area (Å²) in [6.45, 7) is 12.1. The molecule has 0 heterocycles. The van der Waals surface area contributed by atoms with E-state index in [9.17, 15) is 0 Å². The first-order valence-electron chi connectivity index (χ1n) is 4.27. The van der Waals surface area contributed by atoms with Crippen LogP contribution in [0.25, 0.3) is 0 Å². The minimum absolute atomic E-state index is 1.12. The van der Waals surface area contributed by atoms with Crippen molar-refractivity contribution in [2.24, 2.45) is 0 Å². The molecule has 0 aromatic carbocycles. The van der Waals surface area contributed by atoms with Crippen LogP contribution in [-0.4, -0.2) is 0 Å². The minimum Gasteiger partial charge on any atom is -0.0958 e. The second-order valence-corrected chi connectivity index (χ2v) is 3.73. The van der Waals surface area contributed by atoms with E-state index in [4.69, 9.17) is 0 Å². The van der Waals surface area contributed by atoms with Gasteiger partial charge in [-0.25, -0.2) is 0 Å². The van der Waals surface area contributed by atoms with Crippen LogP contribution in [0.4, 0.5) is 0 Å². The number of hydrogen-bond acceptors (Lipinski definition) is 0. The van der Waals surface area contributed by atoms with Gasteiger partial charge in [0.15, 0.2) is 0 Å². The Bertz CT molecular complexity index is 277. The van der Waals surface area contributed by atoms with Gasteiger partial charge in [-0.2, -0.15) is 0 Å². The number of hydrogen-bond donors (Lipinski definition) is 0. The standard InChI is InChI=1S/C12H17Br/c1-9(2)10(3)6-7-11(4)12(5)8-13/h6-8H,1H2,2-5H3/b10-6+,11-7+,12-8+. The molecule has 0 nitrogen and oxygen atoms in total. The Balaban J connectivity index is 4.61. The van der Waals surface area contributed by atoms with E-state index < -0.39 is 0 Å². The molecule has 13 heavy (non-hydrogen) atoms. The first-order chi connectivity index (χ1) is 5.99. The molecule has 0 amide bonds. The molecule has 0 atom stereocenters. The van der Waals surface area contributed by atoms with Crippen molar-refractivity contribution >= 4 is 15.9 Å². The van der Waals surface area contributed by atoms with Crippen LogP contribution in [-0.2, 0) is 0 Å². The Morgan fingerprint density at radius 3 is 1.77 bits per heavy atom. The summed E-state index contributed by atoms with van der Waals surface area (Å²) in [4.78, 5) is 1.93. The van der Waals surface area contributed by atoms with E-state index in [1.165, 1.54) is 16.7 Å². The molecule has 0 rings (SSSR count). The molecular weight excluding hydrogens is 224 g/mol. The van der Waals surface area contributed by atoms with E-state index in [0.29, 0.717) is 0 Å². The molecule has 0 saturated heterocycles. The molecular formula is C12H17Br. The number of allylic oxidation sites excluding steroid dienone is 6. The Kier molecular flexibility index (Phi) is 5.72. The molecule has 0 N–H and O–H groups in total. The van der Waals surface area contributed by atoms with Gasteiger partial charge in [0.1, 0.15) is 0 Å². The molecule has 0 fully saturated rings. The monoisotopic (exact) mass is 240 g/mol. The van der Waals surface area contributed by atoms with Crippen molar-refractivity contribution in [1.82, 2.24) is 0 Å². The summed E-state index contributed by atoms with van der Waals surface area (Å²) in [6.07, 6.45) is 4.20. The van der Waals surface area contributed by atoms with Crippen LogP contribution in [0.15, 0.2) is 46.0 Å². The van der Waals surface area contributed by atoms with Gasteiger partial charge in [-0.05, 0) is 49.4 Å². The maximum absolute atomic E-state index is 3.88.